The van der Waals surface area contributed by atoms with E-state index in [-0.39, 0.29) is 0 Å². The van der Waals surface area contributed by atoms with Gasteiger partial charge in [-0.15, -0.1) is 0 Å². The molecule has 0 fully saturated rings. The summed E-state index contributed by atoms with van der Waals surface area (Å²) in [5, 5.41) is 0. The van der Waals surface area contributed by atoms with Crippen molar-refractivity contribution < 1.29 is 4.80 Å². The third-order valence-corrected chi connectivity index (χ3v) is 8.12. The van der Waals surface area contributed by atoms with Crippen LogP contribution < -0.4 is 0 Å². The van der Waals surface area contributed by atoms with Crippen LogP contribution in [0.5, 0.6) is 0 Å². The van der Waals surface area contributed by atoms with Gasteiger partial charge in [0, 0.05) is 0 Å². The van der Waals surface area contributed by atoms with Gasteiger partial charge in [0.15, 0.2) is 9.75 Å². The Hall–Kier alpha value is 0.177. The maximum atomic E-state index is 7.26. The third-order valence-electron chi connectivity index (χ3n) is 2.71. The minimum absolute atomic E-state index is 0.523. The largest absolute Gasteiger partial charge is 0.431 e. The lowest BCUT2D eigenvalue weighted by molar-refractivity contribution is 0.474. The fourth-order valence-electron chi connectivity index (χ4n) is 2.00. The summed E-state index contributed by atoms with van der Waals surface area (Å²) in [4.78, 5) is 5.11. The monoisotopic (exact) mass is 176 g/mol. The summed E-state index contributed by atoms with van der Waals surface area (Å²) >= 11 is 0. The molecule has 0 atom stereocenters. The molecular formula is C9H22OSi. The van der Waals surface area contributed by atoms with E-state index in [9.17, 15) is 0 Å². The highest BCUT2D eigenvalue weighted by Gasteiger charge is 2.41. The van der Waals surface area contributed by atoms with Crippen molar-refractivity contribution in [3.8, 4) is 0 Å². The lowest BCUT2D eigenvalue weighted by Crippen LogP contribution is -2.44. The molecule has 0 spiro atoms. The first-order valence-electron chi connectivity index (χ1n) is 4.94. The van der Waals surface area contributed by atoms with Gasteiger partial charge in [-0.05, 0) is 16.6 Å². The molecule has 0 unspecified atom stereocenters. The van der Waals surface area contributed by atoms with Crippen LogP contribution in [-0.4, -0.2) is 14.5 Å². The molecule has 0 aliphatic carbocycles. The Labute approximate surface area is 73.4 Å². The second kappa shape index (κ2) is 3.72. The quantitative estimate of drug-likeness (QED) is 0.652. The minimum Gasteiger partial charge on any atom is -0.431 e. The molecule has 0 saturated carbocycles. The van der Waals surface area contributed by atoms with E-state index in [2.05, 4.69) is 41.5 Å². The highest BCUT2D eigenvalue weighted by atomic mass is 28.4. The topological polar surface area (TPSA) is 20.2 Å². The van der Waals surface area contributed by atoms with Crippen LogP contribution >= 0.6 is 0 Å². The number of hydrogen-bond donors (Lipinski definition) is 1. The highest BCUT2D eigenvalue weighted by molar-refractivity contribution is 6.76. The van der Waals surface area contributed by atoms with Crippen LogP contribution in [0.4, 0.5) is 0 Å². The molecule has 68 valence electrons. The molecule has 0 aromatic rings. The van der Waals surface area contributed by atoms with E-state index in [1.54, 1.807) is 0 Å². The summed E-state index contributed by atoms with van der Waals surface area (Å²) in [6, 6.07) is 0. The van der Waals surface area contributed by atoms with Crippen molar-refractivity contribution in [2.24, 2.45) is 0 Å². The molecule has 0 rings (SSSR count). The summed E-state index contributed by atoms with van der Waals surface area (Å²) in [6.45, 7) is 13.1. The lowest BCUT2D eigenvalue weighted by atomic mass is 10.5. The zero-order valence-electron chi connectivity index (χ0n) is 9.64. The van der Waals surface area contributed by atoms with Gasteiger partial charge in [-0.2, -0.15) is 0 Å². The zero-order chi connectivity index (χ0) is 9.94. The van der Waals surface area contributed by atoms with Crippen LogP contribution in [0.3, 0.4) is 0 Å². The molecule has 0 bridgehead atoms. The van der Waals surface area contributed by atoms with Crippen molar-refractivity contribution >= 4 is 8.32 Å². The van der Waals surface area contributed by atoms with E-state index >= 15 is 0 Å². The van der Waals surface area contributed by atoms with E-state index in [4.69, 9.17) is 6.23 Å². The van der Waals surface area contributed by atoms with Crippen LogP contribution in [0.2, 0.25) is 16.6 Å². The summed E-state index contributed by atoms with van der Waals surface area (Å²) < 4.78 is 7.26. The van der Waals surface area contributed by atoms with Crippen molar-refractivity contribution in [2.75, 3.05) is 0 Å². The predicted molar refractivity (Wildman–Crippen MR) is 53.3 cm³/mol. The Bertz CT molecular complexity index is 113. The van der Waals surface area contributed by atoms with Gasteiger partial charge >= 0.3 is 0 Å². The van der Waals surface area contributed by atoms with Crippen molar-refractivity contribution in [3.63, 3.8) is 0 Å². The molecule has 0 aliphatic heterocycles. The predicted octanol–water partition coefficient (Wildman–Crippen LogP) is 3.15. The van der Waals surface area contributed by atoms with Gasteiger partial charge in [0.1, 0.15) is 0 Å². The molecule has 0 amide bonds. The average molecular weight is 176 g/mol. The molecule has 2 heteroatoms. The van der Waals surface area contributed by atoms with Crippen LogP contribution in [0, 0.1) is 0 Å². The van der Waals surface area contributed by atoms with Crippen molar-refractivity contribution in [1.29, 1.82) is 1.43 Å². The molecule has 0 aliphatic rings. The van der Waals surface area contributed by atoms with Gasteiger partial charge in [0.05, 0.1) is 0 Å². The van der Waals surface area contributed by atoms with Crippen LogP contribution in [0.1, 0.15) is 41.5 Å². The number of rotatable bonds is 4. The Morgan fingerprint density at radius 2 is 1.18 bits per heavy atom. The van der Waals surface area contributed by atoms with E-state index in [0.717, 1.165) is 0 Å². The first-order valence-corrected chi connectivity index (χ1v) is 6.67. The molecule has 1 N–H and O–H groups in total. The zero-order valence-corrected chi connectivity index (χ0v) is 9.64. The first kappa shape index (κ1) is 9.27. The van der Waals surface area contributed by atoms with Gasteiger partial charge in [-0.25, -0.2) is 0 Å². The molecule has 0 saturated heterocycles. The normalized spacial score (nSPS) is 14.8. The maximum Gasteiger partial charge on any atom is 0.196 e. The van der Waals surface area contributed by atoms with E-state index in [0.29, 0.717) is 16.6 Å². The van der Waals surface area contributed by atoms with Crippen molar-refractivity contribution in [2.45, 2.75) is 58.2 Å². The van der Waals surface area contributed by atoms with E-state index in [1.165, 1.54) is 0 Å². The fraction of sp³-hybridized carbons (Fsp3) is 1.00. The fourth-order valence-corrected chi connectivity index (χ4v) is 6.00. The third kappa shape index (κ3) is 2.06. The van der Waals surface area contributed by atoms with Crippen molar-refractivity contribution in [3.05, 3.63) is 0 Å². The standard InChI is InChI=1S/C9H22OSi/c1-7(2)11(10,8(3)4)9(5)6/h7-10H,1-6H3/i10T. The SMILES string of the molecule is [3H]O[Si](C(C)C)(C(C)C)C(C)C. The van der Waals surface area contributed by atoms with Crippen LogP contribution in [0.15, 0.2) is 0 Å². The summed E-state index contributed by atoms with van der Waals surface area (Å²) in [7, 11) is -1.83. The Kier molecular flexibility index (Phi) is 3.13. The van der Waals surface area contributed by atoms with Gasteiger partial charge in [0.2, 0.25) is 0 Å². The van der Waals surface area contributed by atoms with Gasteiger partial charge < -0.3 is 4.80 Å². The van der Waals surface area contributed by atoms with Gasteiger partial charge in [-0.1, -0.05) is 41.5 Å². The van der Waals surface area contributed by atoms with Crippen LogP contribution in [-0.2, 0) is 0 Å². The highest BCUT2D eigenvalue weighted by Crippen LogP contribution is 2.38. The Balaban J connectivity index is 4.77. The molecule has 0 aromatic heterocycles. The van der Waals surface area contributed by atoms with Crippen molar-refractivity contribution in [1.82, 2.24) is 0 Å². The second-order valence-corrected chi connectivity index (χ2v) is 9.49. The molecule has 0 heterocycles. The van der Waals surface area contributed by atoms with E-state index in [1.807, 2.05) is 0 Å². The summed E-state index contributed by atoms with van der Waals surface area (Å²) in [5.74, 6) is 0. The van der Waals surface area contributed by atoms with Gasteiger partial charge in [-0.3, -0.25) is 0 Å². The van der Waals surface area contributed by atoms with Crippen LogP contribution in [0.25, 0.3) is 0 Å². The maximum absolute atomic E-state index is 7.26. The Morgan fingerprint density at radius 1 is 0.909 bits per heavy atom. The summed E-state index contributed by atoms with van der Waals surface area (Å²) in [6.07, 6.45) is 0. The molecule has 0 aromatic carbocycles. The second-order valence-electron chi connectivity index (χ2n) is 4.32. The molecular weight excluding hydrogens is 152 g/mol. The van der Waals surface area contributed by atoms with Gasteiger partial charge in [0.25, 0.3) is 0 Å². The van der Waals surface area contributed by atoms with E-state index < -0.39 is 8.32 Å². The summed E-state index contributed by atoms with van der Waals surface area (Å²) in [5.41, 5.74) is 1.57. The molecule has 0 radical (unpaired) electrons. The minimum atomic E-state index is -1.83. The Morgan fingerprint density at radius 3 is 1.18 bits per heavy atom. The molecule has 11 heavy (non-hydrogen) atoms. The first-order chi connectivity index (χ1) is 5.39. The smallest absolute Gasteiger partial charge is 0.196 e. The average Bonchev–Trinajstić information content (AvgIpc) is 1.86. The lowest BCUT2D eigenvalue weighted by Gasteiger charge is -2.36. The number of hydrogen-bond acceptors (Lipinski definition) is 1. The molecule has 1 nitrogen and oxygen atoms in total.